The minimum atomic E-state index is -3.50. The summed E-state index contributed by atoms with van der Waals surface area (Å²) in [6, 6.07) is 5.21. The second kappa shape index (κ2) is 6.49. The minimum absolute atomic E-state index is 0.258. The van der Waals surface area contributed by atoms with Gasteiger partial charge >= 0.3 is 0 Å². The van der Waals surface area contributed by atoms with Crippen molar-refractivity contribution >= 4 is 26.6 Å². The van der Waals surface area contributed by atoms with E-state index in [0.29, 0.717) is 23.5 Å². The number of hydrogen-bond acceptors (Lipinski definition) is 3. The van der Waals surface area contributed by atoms with Crippen molar-refractivity contribution in [3.05, 3.63) is 24.4 Å². The van der Waals surface area contributed by atoms with E-state index < -0.39 is 10.0 Å². The minimum Gasteiger partial charge on any atom is -0.399 e. The van der Waals surface area contributed by atoms with Gasteiger partial charge in [0.15, 0.2) is 0 Å². The highest BCUT2D eigenvalue weighted by Crippen LogP contribution is 2.24. The molecular weight excluding hydrogens is 286 g/mol. The van der Waals surface area contributed by atoms with Gasteiger partial charge in [-0.05, 0) is 30.5 Å². The van der Waals surface area contributed by atoms with Gasteiger partial charge in [0.25, 0.3) is 0 Å². The molecule has 5 nitrogen and oxygen atoms in total. The Labute approximate surface area is 126 Å². The summed E-state index contributed by atoms with van der Waals surface area (Å²) in [4.78, 5) is 3.22. The molecule has 0 radical (unpaired) electrons. The summed E-state index contributed by atoms with van der Waals surface area (Å²) in [5.41, 5.74) is 7.05. The second-order valence-electron chi connectivity index (χ2n) is 5.75. The lowest BCUT2D eigenvalue weighted by Crippen LogP contribution is -2.24. The van der Waals surface area contributed by atoms with Crippen LogP contribution in [-0.2, 0) is 10.0 Å². The quantitative estimate of drug-likeness (QED) is 0.543. The van der Waals surface area contributed by atoms with E-state index in [0.717, 1.165) is 24.8 Å². The number of aromatic nitrogens is 1. The van der Waals surface area contributed by atoms with E-state index in [2.05, 4.69) is 23.6 Å². The van der Waals surface area contributed by atoms with Crippen LogP contribution in [0.1, 0.15) is 33.1 Å². The maximum atomic E-state index is 12.3. The van der Waals surface area contributed by atoms with Crippen LogP contribution in [0, 0.1) is 5.92 Å². The van der Waals surface area contributed by atoms with Gasteiger partial charge < -0.3 is 10.7 Å². The molecule has 1 aromatic heterocycles. The molecule has 0 unspecified atom stereocenters. The molecule has 0 aliphatic heterocycles. The number of anilines is 1. The largest absolute Gasteiger partial charge is 0.399 e. The molecule has 0 bridgehead atoms. The first-order valence-corrected chi connectivity index (χ1v) is 8.75. The summed E-state index contributed by atoms with van der Waals surface area (Å²) in [6.45, 7) is 4.80. The van der Waals surface area contributed by atoms with Gasteiger partial charge in [-0.15, -0.1) is 0 Å². The SMILES string of the molecule is CC(C)CCCCNS(=O)(=O)c1c[nH]c2ccc(N)cc12. The molecule has 0 saturated heterocycles. The predicted octanol–water partition coefficient (Wildman–Crippen LogP) is 2.85. The zero-order chi connectivity index (χ0) is 15.5. The number of nitrogen functional groups attached to an aromatic ring is 1. The molecule has 116 valence electrons. The van der Waals surface area contributed by atoms with Gasteiger partial charge in [0, 0.05) is 29.3 Å². The lowest BCUT2D eigenvalue weighted by Gasteiger charge is -2.07. The van der Waals surface area contributed by atoms with Crippen LogP contribution < -0.4 is 10.5 Å². The van der Waals surface area contributed by atoms with Crippen molar-refractivity contribution in [3.63, 3.8) is 0 Å². The summed E-state index contributed by atoms with van der Waals surface area (Å²) in [5, 5.41) is 0.629. The number of nitrogens with two attached hydrogens (primary N) is 1. The fraction of sp³-hybridized carbons (Fsp3) is 0.467. The third-order valence-electron chi connectivity index (χ3n) is 3.46. The number of sulfonamides is 1. The van der Waals surface area contributed by atoms with Crippen LogP contribution in [0.15, 0.2) is 29.3 Å². The Kier molecular flexibility index (Phi) is 4.90. The van der Waals surface area contributed by atoms with Crippen LogP contribution in [0.4, 0.5) is 5.69 Å². The first-order chi connectivity index (χ1) is 9.90. The number of rotatable bonds is 7. The topological polar surface area (TPSA) is 88.0 Å². The molecule has 21 heavy (non-hydrogen) atoms. The van der Waals surface area contributed by atoms with Gasteiger partial charge in [-0.1, -0.05) is 26.7 Å². The number of hydrogen-bond donors (Lipinski definition) is 3. The van der Waals surface area contributed by atoms with Crippen molar-refractivity contribution < 1.29 is 8.42 Å². The highest BCUT2D eigenvalue weighted by molar-refractivity contribution is 7.89. The summed E-state index contributed by atoms with van der Waals surface area (Å²) < 4.78 is 27.3. The van der Waals surface area contributed by atoms with Crippen LogP contribution in [0.25, 0.3) is 10.9 Å². The third-order valence-corrected chi connectivity index (χ3v) is 4.96. The normalized spacial score (nSPS) is 12.3. The standard InChI is InChI=1S/C15H23N3O2S/c1-11(2)5-3-4-8-18-21(19,20)15-10-17-14-7-6-12(16)9-13(14)15/h6-7,9-11,17-18H,3-5,8,16H2,1-2H3. The molecule has 0 saturated carbocycles. The molecule has 0 amide bonds. The molecule has 0 aliphatic carbocycles. The van der Waals surface area contributed by atoms with Crippen molar-refractivity contribution in [3.8, 4) is 0 Å². The number of nitrogens with one attached hydrogen (secondary N) is 2. The van der Waals surface area contributed by atoms with Crippen molar-refractivity contribution in [2.24, 2.45) is 5.92 Å². The Bertz CT molecular complexity index is 705. The summed E-state index contributed by atoms with van der Waals surface area (Å²) in [7, 11) is -3.50. The fourth-order valence-corrected chi connectivity index (χ4v) is 3.54. The number of fused-ring (bicyclic) bond motifs is 1. The van der Waals surface area contributed by atoms with E-state index >= 15 is 0 Å². The van der Waals surface area contributed by atoms with Crippen LogP contribution in [0.5, 0.6) is 0 Å². The molecule has 0 aliphatic rings. The van der Waals surface area contributed by atoms with E-state index in [1.165, 1.54) is 6.20 Å². The van der Waals surface area contributed by atoms with Gasteiger partial charge in [0.2, 0.25) is 10.0 Å². The fourth-order valence-electron chi connectivity index (χ4n) is 2.30. The molecule has 4 N–H and O–H groups in total. The number of benzene rings is 1. The van der Waals surface area contributed by atoms with E-state index in [9.17, 15) is 8.42 Å². The maximum absolute atomic E-state index is 12.3. The predicted molar refractivity (Wildman–Crippen MR) is 86.6 cm³/mol. The summed E-state index contributed by atoms with van der Waals surface area (Å²) >= 11 is 0. The Morgan fingerprint density at radius 2 is 2.05 bits per heavy atom. The smallest absolute Gasteiger partial charge is 0.242 e. The van der Waals surface area contributed by atoms with Crippen LogP contribution in [0.3, 0.4) is 0 Å². The van der Waals surface area contributed by atoms with Crippen LogP contribution in [-0.4, -0.2) is 19.9 Å². The Hall–Kier alpha value is -1.53. The zero-order valence-corrected chi connectivity index (χ0v) is 13.3. The van der Waals surface area contributed by atoms with Gasteiger partial charge in [-0.3, -0.25) is 0 Å². The Morgan fingerprint density at radius 3 is 2.76 bits per heavy atom. The van der Waals surface area contributed by atoms with Crippen LogP contribution in [0.2, 0.25) is 0 Å². The molecule has 0 spiro atoms. The van der Waals surface area contributed by atoms with E-state index in [1.807, 2.05) is 0 Å². The van der Waals surface area contributed by atoms with Crippen molar-refractivity contribution in [2.75, 3.05) is 12.3 Å². The van der Waals surface area contributed by atoms with Gasteiger partial charge in [0.1, 0.15) is 4.90 Å². The van der Waals surface area contributed by atoms with Gasteiger partial charge in [-0.2, -0.15) is 0 Å². The summed E-state index contributed by atoms with van der Waals surface area (Å²) in [5.74, 6) is 0.651. The van der Waals surface area contributed by atoms with Crippen molar-refractivity contribution in [2.45, 2.75) is 38.0 Å². The first kappa shape index (κ1) is 15.9. The maximum Gasteiger partial charge on any atom is 0.242 e. The highest BCUT2D eigenvalue weighted by Gasteiger charge is 2.18. The van der Waals surface area contributed by atoms with E-state index in [1.54, 1.807) is 18.2 Å². The van der Waals surface area contributed by atoms with E-state index in [4.69, 9.17) is 5.73 Å². The molecule has 0 atom stereocenters. The lowest BCUT2D eigenvalue weighted by molar-refractivity contribution is 0.531. The molecule has 2 aromatic rings. The molecule has 1 aromatic carbocycles. The first-order valence-electron chi connectivity index (χ1n) is 7.26. The highest BCUT2D eigenvalue weighted by atomic mass is 32.2. The molecule has 6 heteroatoms. The van der Waals surface area contributed by atoms with Crippen LogP contribution >= 0.6 is 0 Å². The lowest BCUT2D eigenvalue weighted by atomic mass is 10.1. The number of unbranched alkanes of at least 4 members (excludes halogenated alkanes) is 1. The van der Waals surface area contributed by atoms with E-state index in [-0.39, 0.29) is 4.90 Å². The molecule has 2 rings (SSSR count). The average Bonchev–Trinajstić information content (AvgIpc) is 2.81. The monoisotopic (exact) mass is 309 g/mol. The van der Waals surface area contributed by atoms with Gasteiger partial charge in [-0.25, -0.2) is 13.1 Å². The Morgan fingerprint density at radius 1 is 1.29 bits per heavy atom. The van der Waals surface area contributed by atoms with Gasteiger partial charge in [0.05, 0.1) is 0 Å². The third kappa shape index (κ3) is 3.98. The summed E-state index contributed by atoms with van der Waals surface area (Å²) in [6.07, 6.45) is 4.51. The van der Waals surface area contributed by atoms with Crippen molar-refractivity contribution in [1.82, 2.24) is 9.71 Å². The zero-order valence-electron chi connectivity index (χ0n) is 12.5. The second-order valence-corrected chi connectivity index (χ2v) is 7.48. The number of aromatic amines is 1. The van der Waals surface area contributed by atoms with Crippen molar-refractivity contribution in [1.29, 1.82) is 0 Å². The molecular formula is C15H23N3O2S. The Balaban J connectivity index is 2.06. The number of H-pyrrole nitrogens is 1. The molecule has 1 heterocycles. The average molecular weight is 309 g/mol. The molecule has 0 fully saturated rings.